The molecule has 0 atom stereocenters. The summed E-state index contributed by atoms with van der Waals surface area (Å²) in [7, 11) is 0. The molecule has 0 unspecified atom stereocenters. The molecule has 22 heavy (non-hydrogen) atoms. The summed E-state index contributed by atoms with van der Waals surface area (Å²) in [5.41, 5.74) is 1.38. The van der Waals surface area contributed by atoms with Gasteiger partial charge in [0.25, 0.3) is 5.91 Å². The molecule has 0 spiro atoms. The van der Waals surface area contributed by atoms with Crippen molar-refractivity contribution in [1.29, 1.82) is 0 Å². The van der Waals surface area contributed by atoms with Gasteiger partial charge >= 0.3 is 0 Å². The molecule has 1 amide bonds. The Bertz CT molecular complexity index is 702. The predicted octanol–water partition coefficient (Wildman–Crippen LogP) is 4.00. The number of pyridine rings is 1. The van der Waals surface area contributed by atoms with Gasteiger partial charge in [-0.15, -0.1) is 0 Å². The topological polar surface area (TPSA) is 51.2 Å². The first-order valence-corrected chi connectivity index (χ1v) is 7.79. The van der Waals surface area contributed by atoms with Gasteiger partial charge in [-0.1, -0.05) is 37.0 Å². The van der Waals surface area contributed by atoms with Crippen molar-refractivity contribution in [1.82, 2.24) is 10.3 Å². The first-order chi connectivity index (χ1) is 10.4. The van der Waals surface area contributed by atoms with Gasteiger partial charge in [0.15, 0.2) is 12.4 Å². The van der Waals surface area contributed by atoms with Crippen molar-refractivity contribution in [3.63, 3.8) is 0 Å². The van der Waals surface area contributed by atoms with Crippen molar-refractivity contribution >= 4 is 40.0 Å². The molecule has 0 aliphatic rings. The molecule has 1 aromatic heterocycles. The lowest BCUT2D eigenvalue weighted by atomic mass is 10.2. The van der Waals surface area contributed by atoms with Crippen LogP contribution in [0, 0.1) is 12.8 Å². The van der Waals surface area contributed by atoms with Crippen LogP contribution in [0.4, 0.5) is 0 Å². The minimum absolute atomic E-state index is 0.112. The zero-order chi connectivity index (χ0) is 16.3. The van der Waals surface area contributed by atoms with Crippen molar-refractivity contribution in [3.8, 4) is 5.75 Å². The van der Waals surface area contributed by atoms with Crippen LogP contribution in [0.3, 0.4) is 0 Å². The van der Waals surface area contributed by atoms with E-state index in [-0.39, 0.29) is 12.5 Å². The summed E-state index contributed by atoms with van der Waals surface area (Å²) in [5, 5.41) is 4.38. The van der Waals surface area contributed by atoms with Crippen LogP contribution in [-0.4, -0.2) is 24.0 Å². The number of carbonyl (C=O) groups excluding carboxylic acids is 1. The molecular weight excluding hydrogens is 323 g/mol. The zero-order valence-electron chi connectivity index (χ0n) is 12.7. The molecule has 118 valence electrons. The Morgan fingerprint density at radius 2 is 2.05 bits per heavy atom. The van der Waals surface area contributed by atoms with Crippen LogP contribution in [0.1, 0.15) is 19.5 Å². The molecule has 1 aromatic carbocycles. The van der Waals surface area contributed by atoms with Crippen molar-refractivity contribution in [2.24, 2.45) is 5.92 Å². The average molecular weight is 341 g/mol. The first kappa shape index (κ1) is 16.8. The summed E-state index contributed by atoms with van der Waals surface area (Å²) in [6.07, 6.45) is 0. The van der Waals surface area contributed by atoms with Crippen LogP contribution >= 0.6 is 23.2 Å². The molecule has 0 fully saturated rings. The van der Waals surface area contributed by atoms with Gasteiger partial charge in [0, 0.05) is 17.6 Å². The van der Waals surface area contributed by atoms with E-state index in [9.17, 15) is 4.79 Å². The monoisotopic (exact) mass is 340 g/mol. The molecule has 0 bridgehead atoms. The van der Waals surface area contributed by atoms with E-state index in [0.717, 1.165) is 11.1 Å². The lowest BCUT2D eigenvalue weighted by Crippen LogP contribution is -2.31. The number of rotatable bonds is 5. The quantitative estimate of drug-likeness (QED) is 0.894. The van der Waals surface area contributed by atoms with Crippen LogP contribution in [0.25, 0.3) is 10.9 Å². The van der Waals surface area contributed by atoms with E-state index in [2.05, 4.69) is 10.3 Å². The van der Waals surface area contributed by atoms with Crippen molar-refractivity contribution in [3.05, 3.63) is 33.9 Å². The third-order valence-corrected chi connectivity index (χ3v) is 3.63. The lowest BCUT2D eigenvalue weighted by Gasteiger charge is -2.13. The van der Waals surface area contributed by atoms with Gasteiger partial charge in [0.2, 0.25) is 0 Å². The number of aryl methyl sites for hydroxylation is 1. The number of halogens is 2. The van der Waals surface area contributed by atoms with Gasteiger partial charge in [-0.2, -0.15) is 0 Å². The number of fused-ring (bicyclic) bond motifs is 1. The molecule has 0 radical (unpaired) electrons. The van der Waals surface area contributed by atoms with Gasteiger partial charge in [-0.05, 0) is 31.0 Å². The van der Waals surface area contributed by atoms with E-state index in [1.54, 1.807) is 6.07 Å². The van der Waals surface area contributed by atoms with E-state index >= 15 is 0 Å². The van der Waals surface area contributed by atoms with Crippen molar-refractivity contribution < 1.29 is 9.53 Å². The number of nitrogens with one attached hydrogen (secondary N) is 1. The molecule has 1 N–H and O–H groups in total. The minimum Gasteiger partial charge on any atom is -0.480 e. The second-order valence-corrected chi connectivity index (χ2v) is 6.32. The summed E-state index contributed by atoms with van der Waals surface area (Å²) in [5.74, 6) is 0.568. The molecule has 0 aliphatic carbocycles. The fourth-order valence-corrected chi connectivity index (χ4v) is 2.50. The Morgan fingerprint density at radius 3 is 2.73 bits per heavy atom. The Hall–Kier alpha value is -1.52. The molecule has 2 rings (SSSR count). The Labute approximate surface area is 139 Å². The summed E-state index contributed by atoms with van der Waals surface area (Å²) in [6.45, 7) is 6.41. The van der Waals surface area contributed by atoms with Gasteiger partial charge in [0.05, 0.1) is 10.0 Å². The van der Waals surface area contributed by atoms with E-state index in [1.165, 1.54) is 0 Å². The van der Waals surface area contributed by atoms with Gasteiger partial charge in [0.1, 0.15) is 5.52 Å². The zero-order valence-corrected chi connectivity index (χ0v) is 14.3. The summed E-state index contributed by atoms with van der Waals surface area (Å²) in [6, 6.07) is 5.33. The predicted molar refractivity (Wildman–Crippen MR) is 89.8 cm³/mol. The SMILES string of the molecule is Cc1ccc2c(Cl)cc(Cl)c(OCC(=O)NCC(C)C)c2n1. The van der Waals surface area contributed by atoms with Gasteiger partial charge in [-0.25, -0.2) is 4.98 Å². The number of hydrogen-bond donors (Lipinski definition) is 1. The van der Waals surface area contributed by atoms with Crippen LogP contribution < -0.4 is 10.1 Å². The maximum Gasteiger partial charge on any atom is 0.257 e. The number of amides is 1. The third-order valence-electron chi connectivity index (χ3n) is 3.03. The molecule has 6 heteroatoms. The first-order valence-electron chi connectivity index (χ1n) is 7.03. The van der Waals surface area contributed by atoms with Crippen LogP contribution in [0.5, 0.6) is 5.75 Å². The molecule has 1 heterocycles. The van der Waals surface area contributed by atoms with Gasteiger partial charge in [-0.3, -0.25) is 4.79 Å². The number of ether oxygens (including phenoxy) is 1. The number of nitrogens with zero attached hydrogens (tertiary/aromatic N) is 1. The summed E-state index contributed by atoms with van der Waals surface area (Å²) in [4.78, 5) is 16.2. The lowest BCUT2D eigenvalue weighted by molar-refractivity contribution is -0.123. The molecule has 2 aromatic rings. The summed E-state index contributed by atoms with van der Waals surface area (Å²) >= 11 is 12.4. The molecule has 0 aliphatic heterocycles. The molecule has 0 saturated heterocycles. The van der Waals surface area contributed by atoms with E-state index in [1.807, 2.05) is 32.9 Å². The summed E-state index contributed by atoms with van der Waals surface area (Å²) < 4.78 is 5.59. The maximum absolute atomic E-state index is 11.8. The smallest absolute Gasteiger partial charge is 0.257 e. The Balaban J connectivity index is 2.23. The molecular formula is C16H18Cl2N2O2. The minimum atomic E-state index is -0.194. The highest BCUT2D eigenvalue weighted by molar-refractivity contribution is 6.39. The third kappa shape index (κ3) is 4.02. The van der Waals surface area contributed by atoms with Crippen molar-refractivity contribution in [2.45, 2.75) is 20.8 Å². The molecule has 4 nitrogen and oxygen atoms in total. The van der Waals surface area contributed by atoms with Crippen LogP contribution in [-0.2, 0) is 4.79 Å². The highest BCUT2D eigenvalue weighted by Gasteiger charge is 2.14. The van der Waals surface area contributed by atoms with Crippen molar-refractivity contribution in [2.75, 3.05) is 13.2 Å². The van der Waals surface area contributed by atoms with Gasteiger partial charge < -0.3 is 10.1 Å². The fraction of sp³-hybridized carbons (Fsp3) is 0.375. The maximum atomic E-state index is 11.8. The standard InChI is InChI=1S/C16H18Cl2N2O2/c1-9(2)7-19-14(21)8-22-16-13(18)6-12(17)11-5-4-10(3)20-15(11)16/h4-6,9H,7-8H2,1-3H3,(H,19,21). The normalized spacial score (nSPS) is 11.0. The second-order valence-electron chi connectivity index (χ2n) is 5.50. The second kappa shape index (κ2) is 7.16. The van der Waals surface area contributed by atoms with E-state index in [4.69, 9.17) is 27.9 Å². The van der Waals surface area contributed by atoms with Crippen LogP contribution in [0.15, 0.2) is 18.2 Å². The van der Waals surface area contributed by atoms with Crippen LogP contribution in [0.2, 0.25) is 10.0 Å². The number of benzene rings is 1. The largest absolute Gasteiger partial charge is 0.480 e. The fourth-order valence-electron chi connectivity index (χ4n) is 1.93. The van der Waals surface area contributed by atoms with E-state index < -0.39 is 0 Å². The number of hydrogen-bond acceptors (Lipinski definition) is 3. The Kier molecular flexibility index (Phi) is 5.48. The number of carbonyl (C=O) groups is 1. The molecule has 0 saturated carbocycles. The Morgan fingerprint density at radius 1 is 1.32 bits per heavy atom. The average Bonchev–Trinajstić information content (AvgIpc) is 2.44. The van der Waals surface area contributed by atoms with E-state index in [0.29, 0.717) is 33.8 Å². The number of aromatic nitrogens is 1. The highest BCUT2D eigenvalue weighted by Crippen LogP contribution is 2.37. The highest BCUT2D eigenvalue weighted by atomic mass is 35.5.